The third-order valence-electron chi connectivity index (χ3n) is 4.57. The minimum atomic E-state index is -0.340. The van der Waals surface area contributed by atoms with E-state index in [1.807, 2.05) is 6.08 Å². The number of allylic oxidation sites excluding steroid dienone is 1. The molecule has 0 saturated heterocycles. The van der Waals surface area contributed by atoms with E-state index in [9.17, 15) is 4.79 Å². The van der Waals surface area contributed by atoms with E-state index in [4.69, 9.17) is 14.6 Å². The number of aliphatic hydroxyl groups is 1. The van der Waals surface area contributed by atoms with Crippen LogP contribution < -0.4 is 0 Å². The molecule has 0 aromatic carbocycles. The predicted molar refractivity (Wildman–Crippen MR) is 84.0 cm³/mol. The van der Waals surface area contributed by atoms with Crippen molar-refractivity contribution in [1.29, 1.82) is 0 Å². The SMILES string of the molecule is CN(C)C(=O)C1=C[C@@H](C2CCCC2)C[C@@H](OCCCCO)O1. The van der Waals surface area contributed by atoms with Crippen molar-refractivity contribution in [3.63, 3.8) is 0 Å². The molecule has 0 spiro atoms. The second-order valence-electron chi connectivity index (χ2n) is 6.52. The summed E-state index contributed by atoms with van der Waals surface area (Å²) in [6.45, 7) is 0.746. The van der Waals surface area contributed by atoms with Gasteiger partial charge in [0.05, 0.1) is 6.61 Å². The zero-order chi connectivity index (χ0) is 15.9. The first-order valence-electron chi connectivity index (χ1n) is 8.44. The van der Waals surface area contributed by atoms with Gasteiger partial charge in [0.25, 0.3) is 5.91 Å². The molecule has 0 unspecified atom stereocenters. The molecule has 1 aliphatic heterocycles. The summed E-state index contributed by atoms with van der Waals surface area (Å²) < 4.78 is 11.6. The maximum atomic E-state index is 12.2. The van der Waals surface area contributed by atoms with E-state index in [0.29, 0.717) is 24.2 Å². The minimum absolute atomic E-state index is 0.0911. The first kappa shape index (κ1) is 17.3. The topological polar surface area (TPSA) is 59.0 Å². The maximum absolute atomic E-state index is 12.2. The van der Waals surface area contributed by atoms with Gasteiger partial charge >= 0.3 is 0 Å². The fraction of sp³-hybridized carbons (Fsp3) is 0.824. The third-order valence-corrected chi connectivity index (χ3v) is 4.57. The van der Waals surface area contributed by atoms with Gasteiger partial charge < -0.3 is 19.5 Å². The van der Waals surface area contributed by atoms with Crippen molar-refractivity contribution < 1.29 is 19.4 Å². The fourth-order valence-electron chi connectivity index (χ4n) is 3.30. The van der Waals surface area contributed by atoms with E-state index in [1.54, 1.807) is 19.0 Å². The Bertz CT molecular complexity index is 388. The van der Waals surface area contributed by atoms with Gasteiger partial charge in [-0.15, -0.1) is 0 Å². The number of amides is 1. The monoisotopic (exact) mass is 311 g/mol. The van der Waals surface area contributed by atoms with Crippen molar-refractivity contribution in [3.8, 4) is 0 Å². The molecule has 0 aromatic rings. The molecule has 0 radical (unpaired) electrons. The molecule has 5 nitrogen and oxygen atoms in total. The molecule has 2 aliphatic rings. The second kappa shape index (κ2) is 8.53. The largest absolute Gasteiger partial charge is 0.459 e. The second-order valence-corrected chi connectivity index (χ2v) is 6.52. The van der Waals surface area contributed by atoms with Crippen molar-refractivity contribution in [3.05, 3.63) is 11.8 Å². The van der Waals surface area contributed by atoms with Crippen LogP contribution in [0, 0.1) is 11.8 Å². The van der Waals surface area contributed by atoms with Gasteiger partial charge in [-0.05, 0) is 43.6 Å². The van der Waals surface area contributed by atoms with Crippen LogP contribution in [-0.2, 0) is 14.3 Å². The lowest BCUT2D eigenvalue weighted by molar-refractivity contribution is -0.155. The molecular weight excluding hydrogens is 282 g/mol. The highest BCUT2D eigenvalue weighted by Gasteiger charge is 2.33. The summed E-state index contributed by atoms with van der Waals surface area (Å²) in [4.78, 5) is 13.8. The first-order chi connectivity index (χ1) is 10.6. The molecule has 1 fully saturated rings. The lowest BCUT2D eigenvalue weighted by Crippen LogP contribution is -2.34. The van der Waals surface area contributed by atoms with Gasteiger partial charge in [0.15, 0.2) is 5.76 Å². The highest BCUT2D eigenvalue weighted by molar-refractivity contribution is 5.91. The van der Waals surface area contributed by atoms with Crippen LogP contribution in [0.15, 0.2) is 11.8 Å². The average molecular weight is 311 g/mol. The lowest BCUT2D eigenvalue weighted by atomic mass is 9.86. The predicted octanol–water partition coefficient (Wildman–Crippen LogP) is 2.30. The van der Waals surface area contributed by atoms with Crippen molar-refractivity contribution in [1.82, 2.24) is 4.90 Å². The Morgan fingerprint density at radius 3 is 2.73 bits per heavy atom. The average Bonchev–Trinajstić information content (AvgIpc) is 3.05. The Labute approximate surface area is 133 Å². The van der Waals surface area contributed by atoms with Gasteiger partial charge in [-0.3, -0.25) is 4.79 Å². The normalized spacial score (nSPS) is 25.7. The van der Waals surface area contributed by atoms with E-state index in [-0.39, 0.29) is 18.8 Å². The molecule has 1 N–H and O–H groups in total. The van der Waals surface area contributed by atoms with Gasteiger partial charge in [0.1, 0.15) is 0 Å². The van der Waals surface area contributed by atoms with E-state index in [1.165, 1.54) is 25.7 Å². The quantitative estimate of drug-likeness (QED) is 0.733. The lowest BCUT2D eigenvalue weighted by Gasteiger charge is -2.32. The van der Waals surface area contributed by atoms with Crippen LogP contribution in [0.2, 0.25) is 0 Å². The summed E-state index contributed by atoms with van der Waals surface area (Å²) in [6.07, 6.45) is 9.10. The standard InChI is InChI=1S/C17H29NO4/c1-18(2)17(20)15-11-14(13-7-3-4-8-13)12-16(22-15)21-10-6-5-9-19/h11,13-14,16,19H,3-10,12H2,1-2H3/t14-,16+/m1/s1. The number of likely N-dealkylation sites (N-methyl/N-ethyl adjacent to an activating group) is 1. The van der Waals surface area contributed by atoms with Crippen LogP contribution in [-0.4, -0.2) is 49.5 Å². The molecule has 2 atom stereocenters. The Kier molecular flexibility index (Phi) is 6.70. The first-order valence-corrected chi connectivity index (χ1v) is 8.44. The van der Waals surface area contributed by atoms with Crippen molar-refractivity contribution in [2.75, 3.05) is 27.3 Å². The van der Waals surface area contributed by atoms with Gasteiger partial charge in [0, 0.05) is 27.1 Å². The number of hydrogen-bond acceptors (Lipinski definition) is 4. The van der Waals surface area contributed by atoms with Crippen LogP contribution in [0.5, 0.6) is 0 Å². The van der Waals surface area contributed by atoms with E-state index in [2.05, 4.69) is 0 Å². The van der Waals surface area contributed by atoms with Gasteiger partial charge in [-0.2, -0.15) is 0 Å². The zero-order valence-electron chi connectivity index (χ0n) is 13.8. The molecule has 126 valence electrons. The minimum Gasteiger partial charge on any atom is -0.459 e. The summed E-state index contributed by atoms with van der Waals surface area (Å²) >= 11 is 0. The Morgan fingerprint density at radius 2 is 2.09 bits per heavy atom. The summed E-state index contributed by atoms with van der Waals surface area (Å²) in [5, 5.41) is 8.82. The van der Waals surface area contributed by atoms with Crippen LogP contribution in [0.4, 0.5) is 0 Å². The van der Waals surface area contributed by atoms with Crippen molar-refractivity contribution in [2.24, 2.45) is 11.8 Å². The molecule has 0 bridgehead atoms. The smallest absolute Gasteiger partial charge is 0.288 e. The number of carbonyl (C=O) groups excluding carboxylic acids is 1. The molecule has 1 heterocycles. The number of hydrogen-bond donors (Lipinski definition) is 1. The van der Waals surface area contributed by atoms with Crippen LogP contribution in [0.3, 0.4) is 0 Å². The molecule has 22 heavy (non-hydrogen) atoms. The van der Waals surface area contributed by atoms with Crippen LogP contribution in [0.25, 0.3) is 0 Å². The Balaban J connectivity index is 1.98. The van der Waals surface area contributed by atoms with E-state index >= 15 is 0 Å². The highest BCUT2D eigenvalue weighted by Crippen LogP contribution is 2.38. The zero-order valence-corrected chi connectivity index (χ0v) is 13.8. The van der Waals surface area contributed by atoms with Crippen molar-refractivity contribution >= 4 is 5.91 Å². The van der Waals surface area contributed by atoms with Crippen LogP contribution in [0.1, 0.15) is 44.9 Å². The van der Waals surface area contributed by atoms with Crippen LogP contribution >= 0.6 is 0 Å². The number of nitrogens with zero attached hydrogens (tertiary/aromatic N) is 1. The summed E-state index contributed by atoms with van der Waals surface area (Å²) in [5.74, 6) is 1.36. The third kappa shape index (κ3) is 4.71. The van der Waals surface area contributed by atoms with E-state index < -0.39 is 0 Å². The molecule has 1 saturated carbocycles. The molecule has 1 amide bonds. The fourth-order valence-corrected chi connectivity index (χ4v) is 3.30. The Hall–Kier alpha value is -1.07. The highest BCUT2D eigenvalue weighted by atomic mass is 16.7. The molecule has 0 aromatic heterocycles. The van der Waals surface area contributed by atoms with Gasteiger partial charge in [-0.25, -0.2) is 0 Å². The summed E-state index contributed by atoms with van der Waals surface area (Å²) in [5.41, 5.74) is 0. The van der Waals surface area contributed by atoms with Gasteiger partial charge in [-0.1, -0.05) is 12.8 Å². The number of aliphatic hydroxyl groups excluding tert-OH is 1. The van der Waals surface area contributed by atoms with E-state index in [0.717, 1.165) is 19.3 Å². The molecule has 5 heteroatoms. The van der Waals surface area contributed by atoms with Gasteiger partial charge in [0.2, 0.25) is 6.29 Å². The summed E-state index contributed by atoms with van der Waals surface area (Å²) in [7, 11) is 3.48. The molecular formula is C17H29NO4. The number of unbranched alkanes of at least 4 members (excludes halogenated alkanes) is 1. The van der Waals surface area contributed by atoms with Crippen molar-refractivity contribution in [2.45, 2.75) is 51.2 Å². The Morgan fingerprint density at radius 1 is 1.36 bits per heavy atom. The number of ether oxygens (including phenoxy) is 2. The maximum Gasteiger partial charge on any atom is 0.288 e. The number of rotatable bonds is 7. The summed E-state index contributed by atoms with van der Waals surface area (Å²) in [6, 6.07) is 0. The number of carbonyl (C=O) groups is 1. The molecule has 2 rings (SSSR count). The molecule has 1 aliphatic carbocycles.